The van der Waals surface area contributed by atoms with Crippen molar-refractivity contribution < 1.29 is 4.42 Å². The quantitative estimate of drug-likeness (QED) is 0.900. The largest absolute Gasteiger partial charge is 0.461 e. The molecule has 0 fully saturated rings. The Morgan fingerprint density at radius 2 is 2.22 bits per heavy atom. The summed E-state index contributed by atoms with van der Waals surface area (Å²) in [6, 6.07) is 1.94. The Kier molecular flexibility index (Phi) is 2.78. The third kappa shape index (κ3) is 1.78. The summed E-state index contributed by atoms with van der Waals surface area (Å²) in [5.74, 6) is 2.46. The molecule has 0 aliphatic heterocycles. The number of rotatable bonds is 3. The highest BCUT2D eigenvalue weighted by atomic mass is 16.3. The third-order valence-corrected chi connectivity index (χ3v) is 3.34. The summed E-state index contributed by atoms with van der Waals surface area (Å²) in [6.07, 6.45) is 4.98. The number of anilines is 1. The molecule has 0 saturated carbocycles. The molecule has 0 bridgehead atoms. The zero-order chi connectivity index (χ0) is 12.5. The zero-order valence-electron chi connectivity index (χ0n) is 10.8. The Bertz CT molecular complexity index is 574. The van der Waals surface area contributed by atoms with E-state index in [1.807, 2.05) is 13.0 Å². The first kappa shape index (κ1) is 11.3. The molecule has 2 heterocycles. The van der Waals surface area contributed by atoms with E-state index in [0.717, 1.165) is 36.5 Å². The van der Waals surface area contributed by atoms with Gasteiger partial charge in [0, 0.05) is 17.8 Å². The van der Waals surface area contributed by atoms with Gasteiger partial charge in [-0.15, -0.1) is 0 Å². The van der Waals surface area contributed by atoms with Gasteiger partial charge in [0.1, 0.15) is 5.82 Å². The first-order chi connectivity index (χ1) is 8.79. The van der Waals surface area contributed by atoms with Gasteiger partial charge in [-0.3, -0.25) is 0 Å². The molecule has 18 heavy (non-hydrogen) atoms. The molecule has 4 nitrogen and oxygen atoms in total. The van der Waals surface area contributed by atoms with Crippen LogP contribution in [0.5, 0.6) is 0 Å². The highest BCUT2D eigenvalue weighted by Crippen LogP contribution is 2.30. The lowest BCUT2D eigenvalue weighted by Crippen LogP contribution is -2.06. The minimum Gasteiger partial charge on any atom is -0.461 e. The monoisotopic (exact) mass is 243 g/mol. The van der Waals surface area contributed by atoms with Gasteiger partial charge in [-0.25, -0.2) is 9.97 Å². The van der Waals surface area contributed by atoms with Crippen molar-refractivity contribution in [2.75, 3.05) is 11.9 Å². The summed E-state index contributed by atoms with van der Waals surface area (Å²) in [6.45, 7) is 4.98. The van der Waals surface area contributed by atoms with Gasteiger partial charge in [0.05, 0.1) is 6.26 Å². The van der Waals surface area contributed by atoms with E-state index in [1.54, 1.807) is 6.26 Å². The number of furan rings is 1. The highest BCUT2D eigenvalue weighted by molar-refractivity contribution is 5.59. The number of nitrogens with zero attached hydrogens (tertiary/aromatic N) is 2. The fourth-order valence-electron chi connectivity index (χ4n) is 2.45. The third-order valence-electron chi connectivity index (χ3n) is 3.34. The van der Waals surface area contributed by atoms with Gasteiger partial charge in [0.25, 0.3) is 0 Å². The van der Waals surface area contributed by atoms with Crippen LogP contribution >= 0.6 is 0 Å². The fraction of sp³-hybridized carbons (Fsp3) is 0.429. The van der Waals surface area contributed by atoms with Crippen LogP contribution in [-0.2, 0) is 12.8 Å². The van der Waals surface area contributed by atoms with Crippen LogP contribution in [0.3, 0.4) is 0 Å². The number of nitrogens with one attached hydrogen (secondary N) is 1. The number of hydrogen-bond donors (Lipinski definition) is 1. The predicted molar refractivity (Wildman–Crippen MR) is 70.7 cm³/mol. The second-order valence-corrected chi connectivity index (χ2v) is 4.64. The number of hydrogen-bond acceptors (Lipinski definition) is 4. The number of aromatic nitrogens is 2. The van der Waals surface area contributed by atoms with Crippen molar-refractivity contribution in [3.63, 3.8) is 0 Å². The maximum atomic E-state index is 5.49. The van der Waals surface area contributed by atoms with E-state index >= 15 is 0 Å². The lowest BCUT2D eigenvalue weighted by Gasteiger charge is -2.10. The van der Waals surface area contributed by atoms with Crippen molar-refractivity contribution in [1.82, 2.24) is 9.97 Å². The lowest BCUT2D eigenvalue weighted by atomic mass is 10.2. The zero-order valence-corrected chi connectivity index (χ0v) is 10.8. The van der Waals surface area contributed by atoms with Crippen molar-refractivity contribution in [1.29, 1.82) is 0 Å². The summed E-state index contributed by atoms with van der Waals surface area (Å²) in [5, 5.41) is 3.34. The van der Waals surface area contributed by atoms with E-state index in [0.29, 0.717) is 5.82 Å². The molecule has 0 saturated heterocycles. The Balaban J connectivity index is 2.12. The van der Waals surface area contributed by atoms with Gasteiger partial charge in [0.2, 0.25) is 0 Å². The van der Waals surface area contributed by atoms with Gasteiger partial charge in [0.15, 0.2) is 11.6 Å². The van der Waals surface area contributed by atoms with E-state index in [2.05, 4.69) is 22.2 Å². The molecule has 94 valence electrons. The van der Waals surface area contributed by atoms with Gasteiger partial charge >= 0.3 is 0 Å². The van der Waals surface area contributed by atoms with Crippen molar-refractivity contribution in [3.8, 4) is 11.6 Å². The normalized spacial score (nSPS) is 13.7. The van der Waals surface area contributed by atoms with Crippen LogP contribution in [0, 0.1) is 6.92 Å². The summed E-state index contributed by atoms with van der Waals surface area (Å²) < 4.78 is 5.49. The van der Waals surface area contributed by atoms with Crippen molar-refractivity contribution in [3.05, 3.63) is 29.2 Å². The molecule has 3 rings (SSSR count). The van der Waals surface area contributed by atoms with Crippen LogP contribution in [0.15, 0.2) is 16.7 Å². The van der Waals surface area contributed by atoms with Crippen LogP contribution in [0.4, 0.5) is 5.82 Å². The van der Waals surface area contributed by atoms with Gasteiger partial charge < -0.3 is 9.73 Å². The maximum absolute atomic E-state index is 5.49. The van der Waals surface area contributed by atoms with E-state index in [-0.39, 0.29) is 0 Å². The minimum atomic E-state index is 0.703. The van der Waals surface area contributed by atoms with E-state index in [4.69, 9.17) is 4.42 Å². The predicted octanol–water partition coefficient (Wildman–Crippen LogP) is 2.97. The molecule has 0 aromatic carbocycles. The SMILES string of the molecule is CCNc1nc(-c2occc2C)nc2c1CCC2. The molecular formula is C14H17N3O. The number of fused-ring (bicyclic) bond motifs is 1. The maximum Gasteiger partial charge on any atom is 0.198 e. The summed E-state index contributed by atoms with van der Waals surface area (Å²) in [5.41, 5.74) is 3.53. The van der Waals surface area contributed by atoms with Gasteiger partial charge in [-0.05, 0) is 44.7 Å². The molecule has 0 unspecified atom stereocenters. The Morgan fingerprint density at radius 3 is 2.94 bits per heavy atom. The van der Waals surface area contributed by atoms with E-state index in [1.165, 1.54) is 17.7 Å². The summed E-state index contributed by atoms with van der Waals surface area (Å²) >= 11 is 0. The van der Waals surface area contributed by atoms with Crippen LogP contribution in [-0.4, -0.2) is 16.5 Å². The molecule has 2 aromatic heterocycles. The van der Waals surface area contributed by atoms with Crippen molar-refractivity contribution in [2.45, 2.75) is 33.1 Å². The molecule has 1 N–H and O–H groups in total. The summed E-state index contributed by atoms with van der Waals surface area (Å²) in [7, 11) is 0. The van der Waals surface area contributed by atoms with Crippen LogP contribution in [0.25, 0.3) is 11.6 Å². The molecule has 0 radical (unpaired) electrons. The molecule has 4 heteroatoms. The smallest absolute Gasteiger partial charge is 0.198 e. The second-order valence-electron chi connectivity index (χ2n) is 4.64. The highest BCUT2D eigenvalue weighted by Gasteiger charge is 2.21. The molecule has 0 spiro atoms. The average Bonchev–Trinajstić information content (AvgIpc) is 2.97. The Hall–Kier alpha value is -1.84. The topological polar surface area (TPSA) is 51.0 Å². The number of aryl methyl sites for hydroxylation is 2. The Labute approximate surface area is 106 Å². The minimum absolute atomic E-state index is 0.703. The van der Waals surface area contributed by atoms with Gasteiger partial charge in [-0.1, -0.05) is 0 Å². The second kappa shape index (κ2) is 4.44. The lowest BCUT2D eigenvalue weighted by molar-refractivity contribution is 0.575. The fourth-order valence-corrected chi connectivity index (χ4v) is 2.45. The molecule has 0 atom stereocenters. The van der Waals surface area contributed by atoms with Crippen molar-refractivity contribution in [2.24, 2.45) is 0 Å². The first-order valence-corrected chi connectivity index (χ1v) is 6.47. The van der Waals surface area contributed by atoms with Gasteiger partial charge in [-0.2, -0.15) is 0 Å². The average molecular weight is 243 g/mol. The van der Waals surface area contributed by atoms with Crippen LogP contribution < -0.4 is 5.32 Å². The first-order valence-electron chi connectivity index (χ1n) is 6.47. The Morgan fingerprint density at radius 1 is 1.33 bits per heavy atom. The van der Waals surface area contributed by atoms with Crippen molar-refractivity contribution >= 4 is 5.82 Å². The molecule has 1 aliphatic rings. The van der Waals surface area contributed by atoms with E-state index in [9.17, 15) is 0 Å². The molecule has 0 amide bonds. The molecule has 2 aromatic rings. The molecule has 1 aliphatic carbocycles. The summed E-state index contributed by atoms with van der Waals surface area (Å²) in [4.78, 5) is 9.28. The van der Waals surface area contributed by atoms with E-state index < -0.39 is 0 Å². The van der Waals surface area contributed by atoms with Crippen LogP contribution in [0.2, 0.25) is 0 Å². The van der Waals surface area contributed by atoms with Crippen LogP contribution in [0.1, 0.15) is 30.2 Å². The molecular weight excluding hydrogens is 226 g/mol. The standard InChI is InChI=1S/C14H17N3O/c1-3-15-13-10-5-4-6-11(10)16-14(17-13)12-9(2)7-8-18-12/h7-8H,3-6H2,1-2H3,(H,15,16,17).